The molecule has 0 aliphatic rings. The zero-order chi connectivity index (χ0) is 12.4. The lowest BCUT2D eigenvalue weighted by molar-refractivity contribution is 0.186. The van der Waals surface area contributed by atoms with E-state index in [-0.39, 0.29) is 16.8 Å². The summed E-state index contributed by atoms with van der Waals surface area (Å²) in [6, 6.07) is 5.11. The number of methoxy groups -OCH3 is 1. The van der Waals surface area contributed by atoms with Crippen LogP contribution in [0.2, 0.25) is 5.15 Å². The molecule has 0 saturated carbocycles. The van der Waals surface area contributed by atoms with Gasteiger partial charge in [0.2, 0.25) is 0 Å². The summed E-state index contributed by atoms with van der Waals surface area (Å²) in [5.74, 6) is -0.0398. The van der Waals surface area contributed by atoms with E-state index >= 15 is 0 Å². The van der Waals surface area contributed by atoms with E-state index in [1.807, 2.05) is 6.07 Å². The van der Waals surface area contributed by atoms with Crippen molar-refractivity contribution in [1.29, 1.82) is 5.26 Å². The normalized spacial score (nSPS) is 9.94. The van der Waals surface area contributed by atoms with E-state index < -0.39 is 6.09 Å². The van der Waals surface area contributed by atoms with Gasteiger partial charge in [-0.3, -0.25) is 5.32 Å². The highest BCUT2D eigenvalue weighted by atomic mass is 35.5. The molecule has 0 saturated heterocycles. The highest BCUT2D eigenvalue weighted by molar-refractivity contribution is 6.32. The highest BCUT2D eigenvalue weighted by Gasteiger charge is 2.11. The number of rotatable bonds is 1. The Morgan fingerprint density at radius 3 is 3.06 bits per heavy atom. The van der Waals surface area contributed by atoms with E-state index in [0.717, 1.165) is 0 Å². The van der Waals surface area contributed by atoms with E-state index in [1.54, 1.807) is 12.1 Å². The second-order valence-electron chi connectivity index (χ2n) is 2.97. The molecule has 0 unspecified atom stereocenters. The first-order chi connectivity index (χ1) is 8.15. The Balaban J connectivity index is 2.53. The van der Waals surface area contributed by atoms with Crippen LogP contribution in [0.5, 0.6) is 0 Å². The molecule has 0 spiro atoms. The Morgan fingerprint density at radius 1 is 1.65 bits per heavy atom. The zero-order valence-electron chi connectivity index (χ0n) is 8.64. The van der Waals surface area contributed by atoms with Crippen molar-refractivity contribution in [3.05, 3.63) is 23.0 Å². The van der Waals surface area contributed by atoms with E-state index in [2.05, 4.69) is 20.1 Å². The molecule has 2 rings (SSSR count). The number of ether oxygens (including phenoxy) is 1. The summed E-state index contributed by atoms with van der Waals surface area (Å²) in [4.78, 5) is 14.8. The lowest BCUT2D eigenvalue weighted by atomic mass is 10.5. The third-order valence-electron chi connectivity index (χ3n) is 1.98. The molecule has 0 atom stereocenters. The van der Waals surface area contributed by atoms with Crippen molar-refractivity contribution >= 4 is 29.2 Å². The molecule has 1 amide bonds. The van der Waals surface area contributed by atoms with Gasteiger partial charge in [0.15, 0.2) is 5.15 Å². The number of hydrogen-bond acceptors (Lipinski definition) is 5. The van der Waals surface area contributed by atoms with Gasteiger partial charge < -0.3 is 4.74 Å². The molecule has 8 heteroatoms. The van der Waals surface area contributed by atoms with Gasteiger partial charge in [-0.15, -0.1) is 5.10 Å². The number of amides is 1. The Labute approximate surface area is 101 Å². The van der Waals surface area contributed by atoms with Crippen LogP contribution in [0.15, 0.2) is 12.1 Å². The van der Waals surface area contributed by atoms with Crippen molar-refractivity contribution in [2.45, 2.75) is 0 Å². The topological polar surface area (TPSA) is 92.3 Å². The summed E-state index contributed by atoms with van der Waals surface area (Å²) in [5.41, 5.74) is 0.774. The molecule has 7 nitrogen and oxygen atoms in total. The first kappa shape index (κ1) is 11.2. The third kappa shape index (κ3) is 1.98. The molecule has 0 bridgehead atoms. The Bertz CT molecular complexity index is 630. The maximum atomic E-state index is 11.0. The lowest BCUT2D eigenvalue weighted by Gasteiger charge is -2.04. The van der Waals surface area contributed by atoms with Gasteiger partial charge in [0.25, 0.3) is 5.95 Å². The quantitative estimate of drug-likeness (QED) is 0.828. The summed E-state index contributed by atoms with van der Waals surface area (Å²) >= 11 is 5.89. The number of nitrogens with zero attached hydrogens (tertiary/aromatic N) is 4. The fourth-order valence-electron chi connectivity index (χ4n) is 1.24. The van der Waals surface area contributed by atoms with Gasteiger partial charge in [-0.05, 0) is 12.1 Å². The summed E-state index contributed by atoms with van der Waals surface area (Å²) in [6.07, 6.45) is -0.717. The van der Waals surface area contributed by atoms with Crippen LogP contribution < -0.4 is 5.32 Å². The minimum Gasteiger partial charge on any atom is -0.453 e. The van der Waals surface area contributed by atoms with Gasteiger partial charge in [-0.25, -0.2) is 9.31 Å². The number of fused-ring (bicyclic) bond motifs is 1. The second-order valence-corrected chi connectivity index (χ2v) is 3.33. The van der Waals surface area contributed by atoms with Crippen molar-refractivity contribution in [3.8, 4) is 6.07 Å². The number of anilines is 1. The minimum absolute atomic E-state index is 0.0398. The largest absolute Gasteiger partial charge is 0.453 e. The monoisotopic (exact) mass is 251 g/mol. The number of halogens is 1. The van der Waals surface area contributed by atoms with E-state index in [4.69, 9.17) is 16.9 Å². The summed E-state index contributed by atoms with van der Waals surface area (Å²) in [7, 11) is 1.21. The summed E-state index contributed by atoms with van der Waals surface area (Å²) in [6.45, 7) is 0. The molecule has 0 aliphatic heterocycles. The van der Waals surface area contributed by atoms with Crippen LogP contribution in [0.1, 0.15) is 5.69 Å². The standard InChI is InChI=1S/C9H6ClN5O2/c1-17-9(16)13-8-12-7(10)6-3-2-5(4-11)15(6)14-8/h2-3H,1H3,(H,13,14,16). The maximum absolute atomic E-state index is 11.0. The molecular weight excluding hydrogens is 246 g/mol. The van der Waals surface area contributed by atoms with E-state index in [1.165, 1.54) is 11.6 Å². The fourth-order valence-corrected chi connectivity index (χ4v) is 1.46. The van der Waals surface area contributed by atoms with Crippen molar-refractivity contribution in [1.82, 2.24) is 14.6 Å². The molecule has 0 fully saturated rings. The lowest BCUT2D eigenvalue weighted by Crippen LogP contribution is -2.15. The smallest absolute Gasteiger partial charge is 0.413 e. The van der Waals surface area contributed by atoms with E-state index in [0.29, 0.717) is 5.52 Å². The molecule has 1 N–H and O–H groups in total. The molecule has 2 heterocycles. The fraction of sp³-hybridized carbons (Fsp3) is 0.111. The summed E-state index contributed by atoms with van der Waals surface area (Å²) in [5, 5.41) is 15.2. The number of nitriles is 1. The van der Waals surface area contributed by atoms with Gasteiger partial charge in [-0.2, -0.15) is 10.2 Å². The maximum Gasteiger partial charge on any atom is 0.413 e. The predicted octanol–water partition coefficient (Wildman–Crippen LogP) is 1.43. The van der Waals surface area contributed by atoms with Crippen LogP contribution in [0, 0.1) is 11.3 Å². The molecule has 0 radical (unpaired) electrons. The van der Waals surface area contributed by atoms with Gasteiger partial charge in [-0.1, -0.05) is 11.6 Å². The molecule has 0 aromatic carbocycles. The first-order valence-electron chi connectivity index (χ1n) is 4.46. The molecule has 86 valence electrons. The number of carbonyl (C=O) groups is 1. The van der Waals surface area contributed by atoms with E-state index in [9.17, 15) is 4.79 Å². The van der Waals surface area contributed by atoms with Crippen molar-refractivity contribution in [3.63, 3.8) is 0 Å². The average molecular weight is 252 g/mol. The Hall–Kier alpha value is -2.33. The van der Waals surface area contributed by atoms with Crippen LogP contribution in [0.25, 0.3) is 5.52 Å². The SMILES string of the molecule is COC(=O)Nc1nc(Cl)c2ccc(C#N)n2n1. The van der Waals surface area contributed by atoms with Crippen molar-refractivity contribution in [2.24, 2.45) is 0 Å². The third-order valence-corrected chi connectivity index (χ3v) is 2.26. The number of nitrogens with one attached hydrogen (secondary N) is 1. The first-order valence-corrected chi connectivity index (χ1v) is 4.84. The number of carbonyl (C=O) groups excluding carboxylic acids is 1. The van der Waals surface area contributed by atoms with Crippen LogP contribution in [-0.4, -0.2) is 27.8 Å². The average Bonchev–Trinajstić information content (AvgIpc) is 2.72. The van der Waals surface area contributed by atoms with Crippen LogP contribution >= 0.6 is 11.6 Å². The predicted molar refractivity (Wildman–Crippen MR) is 58.7 cm³/mol. The second kappa shape index (κ2) is 4.27. The van der Waals surface area contributed by atoms with Crippen LogP contribution in [-0.2, 0) is 4.74 Å². The molecule has 2 aromatic heterocycles. The van der Waals surface area contributed by atoms with Gasteiger partial charge in [0.1, 0.15) is 17.3 Å². The Morgan fingerprint density at radius 2 is 2.41 bits per heavy atom. The molecule has 17 heavy (non-hydrogen) atoms. The molecule has 0 aliphatic carbocycles. The van der Waals surface area contributed by atoms with Crippen LogP contribution in [0.4, 0.5) is 10.7 Å². The molecular formula is C9H6ClN5O2. The minimum atomic E-state index is -0.717. The highest BCUT2D eigenvalue weighted by Crippen LogP contribution is 2.18. The van der Waals surface area contributed by atoms with Gasteiger partial charge in [0, 0.05) is 0 Å². The van der Waals surface area contributed by atoms with Crippen molar-refractivity contribution < 1.29 is 9.53 Å². The number of hydrogen-bond donors (Lipinski definition) is 1. The van der Waals surface area contributed by atoms with Gasteiger partial charge >= 0.3 is 6.09 Å². The van der Waals surface area contributed by atoms with Crippen molar-refractivity contribution in [2.75, 3.05) is 12.4 Å². The summed E-state index contributed by atoms with van der Waals surface area (Å²) < 4.78 is 5.69. The zero-order valence-corrected chi connectivity index (χ0v) is 9.39. The van der Waals surface area contributed by atoms with Crippen LogP contribution in [0.3, 0.4) is 0 Å². The Kier molecular flexibility index (Phi) is 2.80. The van der Waals surface area contributed by atoms with Gasteiger partial charge in [0.05, 0.1) is 7.11 Å². The number of aromatic nitrogens is 3. The molecule has 2 aromatic rings.